The van der Waals surface area contributed by atoms with E-state index in [-0.39, 0.29) is 5.41 Å². The van der Waals surface area contributed by atoms with Gasteiger partial charge in [0.2, 0.25) is 0 Å². The van der Waals surface area contributed by atoms with E-state index in [1.54, 1.807) is 0 Å². The topological polar surface area (TPSA) is 12.5 Å². The van der Waals surface area contributed by atoms with E-state index >= 15 is 0 Å². The maximum absolute atomic E-state index is 6.16. The largest absolute Gasteiger partial charge is 0.377 e. The molecule has 0 radical (unpaired) electrons. The van der Waals surface area contributed by atoms with Crippen molar-refractivity contribution in [3.05, 3.63) is 64.2 Å². The summed E-state index contributed by atoms with van der Waals surface area (Å²) in [5.41, 5.74) is 6.65. The van der Waals surface area contributed by atoms with Crippen molar-refractivity contribution in [2.24, 2.45) is 5.41 Å². The van der Waals surface area contributed by atoms with Crippen LogP contribution in [0.3, 0.4) is 0 Å². The minimum Gasteiger partial charge on any atom is -0.377 e. The maximum Gasteiger partial charge on any atom is 0.0619 e. The molecule has 0 heterocycles. The zero-order valence-corrected chi connectivity index (χ0v) is 17.2. The van der Waals surface area contributed by atoms with Crippen LogP contribution >= 0.6 is 11.6 Å². The van der Waals surface area contributed by atoms with Gasteiger partial charge in [0.25, 0.3) is 0 Å². The van der Waals surface area contributed by atoms with Crippen LogP contribution in [0, 0.1) is 5.41 Å². The van der Waals surface area contributed by atoms with Crippen LogP contribution in [0.2, 0.25) is 5.02 Å². The van der Waals surface area contributed by atoms with Gasteiger partial charge < -0.3 is 9.64 Å². The lowest BCUT2D eigenvalue weighted by Crippen LogP contribution is -2.29. The molecule has 2 aliphatic carbocycles. The Bertz CT molecular complexity index is 740. The van der Waals surface area contributed by atoms with E-state index in [1.165, 1.54) is 27.9 Å². The Morgan fingerprint density at radius 1 is 1.19 bits per heavy atom. The predicted molar refractivity (Wildman–Crippen MR) is 112 cm³/mol. The standard InChI is InChI=1S/C23H30ClNO/c1-16-21-14-19(26-13-12-25(4)5)10-11-20(21)22(15-23(16,2)3)17-6-8-18(24)9-7-17/h6-9,15,19H,1,10-14H2,2-5H3. The zero-order chi connectivity index (χ0) is 18.9. The maximum atomic E-state index is 6.16. The first-order chi connectivity index (χ1) is 12.3. The number of allylic oxidation sites excluding steroid dienone is 4. The summed E-state index contributed by atoms with van der Waals surface area (Å²) in [5, 5.41) is 0.779. The molecular weight excluding hydrogens is 342 g/mol. The molecule has 26 heavy (non-hydrogen) atoms. The summed E-state index contributed by atoms with van der Waals surface area (Å²) < 4.78 is 6.16. The van der Waals surface area contributed by atoms with Crippen molar-refractivity contribution in [2.75, 3.05) is 27.2 Å². The summed E-state index contributed by atoms with van der Waals surface area (Å²) in [5.74, 6) is 0. The number of rotatable bonds is 5. The molecule has 0 amide bonds. The second kappa shape index (κ2) is 7.72. The molecule has 140 valence electrons. The average Bonchev–Trinajstić information content (AvgIpc) is 2.59. The summed E-state index contributed by atoms with van der Waals surface area (Å²) in [7, 11) is 4.17. The third-order valence-electron chi connectivity index (χ3n) is 5.53. The molecule has 0 saturated heterocycles. The van der Waals surface area contributed by atoms with Gasteiger partial charge in [-0.15, -0.1) is 0 Å². The van der Waals surface area contributed by atoms with Crippen LogP contribution < -0.4 is 0 Å². The molecule has 1 aromatic rings. The number of ether oxygens (including phenoxy) is 1. The molecule has 3 rings (SSSR count). The third kappa shape index (κ3) is 4.14. The molecule has 0 saturated carbocycles. The highest BCUT2D eigenvalue weighted by molar-refractivity contribution is 6.30. The average molecular weight is 372 g/mol. The van der Waals surface area contributed by atoms with E-state index in [9.17, 15) is 0 Å². The molecule has 1 atom stereocenters. The number of likely N-dealkylation sites (N-methyl/N-ethyl adjacent to an activating group) is 1. The molecule has 2 nitrogen and oxygen atoms in total. The van der Waals surface area contributed by atoms with E-state index in [0.29, 0.717) is 6.10 Å². The van der Waals surface area contributed by atoms with Gasteiger partial charge in [-0.2, -0.15) is 0 Å². The number of benzene rings is 1. The normalized spacial score (nSPS) is 22.5. The second-order valence-corrected chi connectivity index (χ2v) is 8.70. The zero-order valence-electron chi connectivity index (χ0n) is 16.4. The molecule has 0 aliphatic heterocycles. The fourth-order valence-corrected chi connectivity index (χ4v) is 3.99. The quantitative estimate of drug-likeness (QED) is 0.653. The van der Waals surface area contributed by atoms with Crippen molar-refractivity contribution in [1.82, 2.24) is 4.90 Å². The van der Waals surface area contributed by atoms with E-state index in [2.05, 4.69) is 57.6 Å². The molecule has 0 N–H and O–H groups in total. The number of hydrogen-bond donors (Lipinski definition) is 0. The molecule has 0 aromatic heterocycles. The fourth-order valence-electron chi connectivity index (χ4n) is 3.87. The van der Waals surface area contributed by atoms with Gasteiger partial charge in [0.1, 0.15) is 0 Å². The lowest BCUT2D eigenvalue weighted by atomic mass is 9.67. The van der Waals surface area contributed by atoms with Crippen LogP contribution in [0.5, 0.6) is 0 Å². The van der Waals surface area contributed by atoms with Gasteiger partial charge in [0.05, 0.1) is 12.7 Å². The smallest absolute Gasteiger partial charge is 0.0619 e. The summed E-state index contributed by atoms with van der Waals surface area (Å²) in [6, 6.07) is 8.21. The van der Waals surface area contributed by atoms with Gasteiger partial charge in [-0.05, 0) is 73.3 Å². The van der Waals surface area contributed by atoms with Crippen molar-refractivity contribution < 1.29 is 4.74 Å². The SMILES string of the molecule is C=C1C2=C(CCC(OCCN(C)C)C2)C(c2ccc(Cl)cc2)=CC1(C)C. The molecule has 3 heteroatoms. The first kappa shape index (κ1) is 19.4. The van der Waals surface area contributed by atoms with Gasteiger partial charge >= 0.3 is 0 Å². The van der Waals surface area contributed by atoms with Crippen molar-refractivity contribution in [2.45, 2.75) is 39.2 Å². The van der Waals surface area contributed by atoms with Crippen molar-refractivity contribution in [3.8, 4) is 0 Å². The van der Waals surface area contributed by atoms with Crippen LogP contribution in [0.15, 0.2) is 53.6 Å². The summed E-state index contributed by atoms with van der Waals surface area (Å²) in [6.07, 6.45) is 5.77. The fraction of sp³-hybridized carbons (Fsp3) is 0.478. The van der Waals surface area contributed by atoms with Gasteiger partial charge in [0, 0.05) is 17.0 Å². The predicted octanol–water partition coefficient (Wildman–Crippen LogP) is 5.75. The van der Waals surface area contributed by atoms with Crippen molar-refractivity contribution in [1.29, 1.82) is 0 Å². The Hall–Kier alpha value is -1.35. The minimum absolute atomic E-state index is 0.0423. The summed E-state index contributed by atoms with van der Waals surface area (Å²) in [4.78, 5) is 2.16. The Labute approximate surface area is 163 Å². The molecule has 1 unspecified atom stereocenters. The Morgan fingerprint density at radius 3 is 2.54 bits per heavy atom. The van der Waals surface area contributed by atoms with E-state index in [0.717, 1.165) is 37.4 Å². The molecule has 0 fully saturated rings. The highest BCUT2D eigenvalue weighted by atomic mass is 35.5. The molecule has 0 bridgehead atoms. The first-order valence-corrected chi connectivity index (χ1v) is 9.83. The van der Waals surface area contributed by atoms with Gasteiger partial charge in [-0.3, -0.25) is 0 Å². The van der Waals surface area contributed by atoms with Crippen molar-refractivity contribution in [3.63, 3.8) is 0 Å². The lowest BCUT2D eigenvalue weighted by molar-refractivity contribution is 0.0364. The molecule has 0 spiro atoms. The van der Waals surface area contributed by atoms with Crippen LogP contribution in [0.25, 0.3) is 5.57 Å². The third-order valence-corrected chi connectivity index (χ3v) is 5.78. The minimum atomic E-state index is -0.0423. The van der Waals surface area contributed by atoms with E-state index < -0.39 is 0 Å². The van der Waals surface area contributed by atoms with E-state index in [4.69, 9.17) is 16.3 Å². The van der Waals surface area contributed by atoms with Crippen LogP contribution in [0.4, 0.5) is 0 Å². The Morgan fingerprint density at radius 2 is 1.88 bits per heavy atom. The Kier molecular flexibility index (Phi) is 5.76. The molecule has 1 aromatic carbocycles. The van der Waals surface area contributed by atoms with Crippen LogP contribution in [0.1, 0.15) is 38.7 Å². The lowest BCUT2D eigenvalue weighted by Gasteiger charge is -2.39. The molecule has 2 aliphatic rings. The number of nitrogens with zero attached hydrogens (tertiary/aromatic N) is 1. The highest BCUT2D eigenvalue weighted by Crippen LogP contribution is 2.49. The Balaban J connectivity index is 1.87. The van der Waals surface area contributed by atoms with Gasteiger partial charge in [-0.25, -0.2) is 0 Å². The number of halogens is 1. The second-order valence-electron chi connectivity index (χ2n) is 8.26. The summed E-state index contributed by atoms with van der Waals surface area (Å²) >= 11 is 6.09. The highest BCUT2D eigenvalue weighted by Gasteiger charge is 2.35. The van der Waals surface area contributed by atoms with E-state index in [1.807, 2.05) is 12.1 Å². The molecular formula is C23H30ClNO. The van der Waals surface area contributed by atoms with Crippen LogP contribution in [-0.2, 0) is 4.74 Å². The van der Waals surface area contributed by atoms with Crippen LogP contribution in [-0.4, -0.2) is 38.3 Å². The van der Waals surface area contributed by atoms with Gasteiger partial charge in [0.15, 0.2) is 0 Å². The summed E-state index contributed by atoms with van der Waals surface area (Å²) in [6.45, 7) is 10.7. The number of hydrogen-bond acceptors (Lipinski definition) is 2. The monoisotopic (exact) mass is 371 g/mol. The van der Waals surface area contributed by atoms with Gasteiger partial charge in [-0.1, -0.05) is 50.2 Å². The first-order valence-electron chi connectivity index (χ1n) is 9.45. The van der Waals surface area contributed by atoms with Crippen molar-refractivity contribution >= 4 is 17.2 Å².